The van der Waals surface area contributed by atoms with Crippen LogP contribution in [0, 0.1) is 5.82 Å². The molecule has 100 valence electrons. The third-order valence-electron chi connectivity index (χ3n) is 3.22. The van der Waals surface area contributed by atoms with E-state index in [1.807, 2.05) is 19.1 Å². The molecule has 1 N–H and O–H groups in total. The van der Waals surface area contributed by atoms with Crippen molar-refractivity contribution in [2.75, 3.05) is 7.11 Å². The van der Waals surface area contributed by atoms with Gasteiger partial charge in [0.1, 0.15) is 0 Å². The van der Waals surface area contributed by atoms with E-state index in [-0.39, 0.29) is 11.7 Å². The lowest BCUT2D eigenvalue weighted by Crippen LogP contribution is -2.08. The van der Waals surface area contributed by atoms with E-state index in [2.05, 4.69) is 4.98 Å². The van der Waals surface area contributed by atoms with E-state index in [9.17, 15) is 9.50 Å². The number of nitrogens with zero attached hydrogens (tertiary/aromatic N) is 1. The Balaban J connectivity index is 2.24. The molecule has 2 rings (SSSR count). The average molecular weight is 261 g/mol. The Morgan fingerprint density at radius 1 is 1.16 bits per heavy atom. The molecule has 0 saturated carbocycles. The summed E-state index contributed by atoms with van der Waals surface area (Å²) in [5, 5.41) is 10.3. The highest BCUT2D eigenvalue weighted by atomic mass is 19.1. The van der Waals surface area contributed by atoms with Crippen LogP contribution in [0.1, 0.15) is 30.1 Å². The Labute approximate surface area is 111 Å². The van der Waals surface area contributed by atoms with Gasteiger partial charge in [0.25, 0.3) is 0 Å². The maximum Gasteiger partial charge on any atom is 0.165 e. The second kappa shape index (κ2) is 5.80. The highest BCUT2D eigenvalue weighted by Crippen LogP contribution is 2.31. The average Bonchev–Trinajstić information content (AvgIpc) is 2.46. The molecule has 19 heavy (non-hydrogen) atoms. The quantitative estimate of drug-likeness (QED) is 0.919. The van der Waals surface area contributed by atoms with Crippen LogP contribution in [0.5, 0.6) is 5.75 Å². The predicted octanol–water partition coefficient (Wildman–Crippen LogP) is 3.07. The maximum atomic E-state index is 13.6. The smallest absolute Gasteiger partial charge is 0.165 e. The molecule has 2 aromatic rings. The zero-order valence-electron chi connectivity index (χ0n) is 10.9. The largest absolute Gasteiger partial charge is 0.494 e. The number of aliphatic hydroxyl groups is 1. The molecule has 0 aliphatic rings. The summed E-state index contributed by atoms with van der Waals surface area (Å²) in [6.07, 6.45) is 2.57. The molecule has 0 spiro atoms. The van der Waals surface area contributed by atoms with Gasteiger partial charge in [-0.15, -0.1) is 0 Å². The first kappa shape index (κ1) is 13.5. The fraction of sp³-hybridized carbons (Fsp3) is 0.267. The zero-order chi connectivity index (χ0) is 13.8. The topological polar surface area (TPSA) is 42.4 Å². The number of hydrogen-bond donors (Lipinski definition) is 1. The van der Waals surface area contributed by atoms with Gasteiger partial charge in [-0.3, -0.25) is 4.98 Å². The molecule has 2 unspecified atom stereocenters. The summed E-state index contributed by atoms with van der Waals surface area (Å²) >= 11 is 0. The fourth-order valence-corrected chi connectivity index (χ4v) is 2.00. The minimum Gasteiger partial charge on any atom is -0.494 e. The number of aliphatic hydroxyl groups excluding tert-OH is 1. The van der Waals surface area contributed by atoms with Gasteiger partial charge in [0.05, 0.1) is 13.2 Å². The first-order chi connectivity index (χ1) is 9.13. The lowest BCUT2D eigenvalue weighted by atomic mass is 9.91. The third kappa shape index (κ3) is 2.90. The minimum atomic E-state index is -0.775. The Hall–Kier alpha value is -1.94. The summed E-state index contributed by atoms with van der Waals surface area (Å²) in [6.45, 7) is 1.89. The summed E-state index contributed by atoms with van der Waals surface area (Å²) in [5.74, 6) is -0.440. The van der Waals surface area contributed by atoms with Crippen molar-refractivity contribution in [2.45, 2.75) is 18.9 Å². The molecule has 1 aromatic heterocycles. The first-order valence-corrected chi connectivity index (χ1v) is 6.05. The highest BCUT2D eigenvalue weighted by Gasteiger charge is 2.19. The molecule has 0 bridgehead atoms. The summed E-state index contributed by atoms with van der Waals surface area (Å²) in [7, 11) is 1.41. The predicted molar refractivity (Wildman–Crippen MR) is 70.6 cm³/mol. The molecule has 0 fully saturated rings. The minimum absolute atomic E-state index is 0.143. The van der Waals surface area contributed by atoms with Crippen LogP contribution in [0.2, 0.25) is 0 Å². The third-order valence-corrected chi connectivity index (χ3v) is 3.22. The van der Waals surface area contributed by atoms with Gasteiger partial charge in [-0.25, -0.2) is 4.39 Å². The van der Waals surface area contributed by atoms with Crippen LogP contribution in [0.15, 0.2) is 42.7 Å². The van der Waals surface area contributed by atoms with Gasteiger partial charge in [-0.05, 0) is 35.4 Å². The molecular weight excluding hydrogens is 245 g/mol. The molecule has 1 heterocycles. The molecular formula is C15H16FNO2. The molecule has 4 heteroatoms. The summed E-state index contributed by atoms with van der Waals surface area (Å²) in [6, 6.07) is 8.18. The van der Waals surface area contributed by atoms with E-state index in [1.165, 1.54) is 19.2 Å². The van der Waals surface area contributed by atoms with Gasteiger partial charge in [0.2, 0.25) is 0 Å². The van der Waals surface area contributed by atoms with E-state index in [4.69, 9.17) is 4.74 Å². The first-order valence-electron chi connectivity index (χ1n) is 6.05. The van der Waals surface area contributed by atoms with Crippen LogP contribution >= 0.6 is 0 Å². The molecule has 0 aliphatic carbocycles. The fourth-order valence-electron chi connectivity index (χ4n) is 2.00. The molecule has 2 atom stereocenters. The lowest BCUT2D eigenvalue weighted by Gasteiger charge is -2.20. The molecule has 1 aromatic carbocycles. The van der Waals surface area contributed by atoms with Crippen molar-refractivity contribution >= 4 is 0 Å². The van der Waals surface area contributed by atoms with Crippen LogP contribution in [-0.2, 0) is 0 Å². The summed E-state index contributed by atoms with van der Waals surface area (Å²) in [5.41, 5.74) is 1.49. The van der Waals surface area contributed by atoms with Crippen LogP contribution in [0.25, 0.3) is 0 Å². The van der Waals surface area contributed by atoms with Crippen molar-refractivity contribution in [3.05, 3.63) is 59.7 Å². The molecule has 3 nitrogen and oxygen atoms in total. The molecule has 0 aliphatic heterocycles. The number of rotatable bonds is 4. The van der Waals surface area contributed by atoms with Crippen LogP contribution in [0.4, 0.5) is 4.39 Å². The monoisotopic (exact) mass is 261 g/mol. The van der Waals surface area contributed by atoms with Crippen molar-refractivity contribution < 1.29 is 14.2 Å². The standard InChI is InChI=1S/C15H16FNO2/c1-10(11-5-7-17-8-6-11)15(18)12-3-4-14(19-2)13(16)9-12/h3-10,15,18H,1-2H3. The van der Waals surface area contributed by atoms with Gasteiger partial charge >= 0.3 is 0 Å². The van der Waals surface area contributed by atoms with Crippen molar-refractivity contribution in [3.8, 4) is 5.75 Å². The van der Waals surface area contributed by atoms with E-state index >= 15 is 0 Å². The zero-order valence-corrected chi connectivity index (χ0v) is 10.9. The Kier molecular flexibility index (Phi) is 4.12. The highest BCUT2D eigenvalue weighted by molar-refractivity contribution is 5.32. The number of benzene rings is 1. The van der Waals surface area contributed by atoms with Crippen LogP contribution in [0.3, 0.4) is 0 Å². The van der Waals surface area contributed by atoms with Crippen molar-refractivity contribution in [1.29, 1.82) is 0 Å². The molecule has 0 saturated heterocycles. The van der Waals surface area contributed by atoms with Gasteiger partial charge in [-0.1, -0.05) is 13.0 Å². The second-order valence-electron chi connectivity index (χ2n) is 4.41. The number of ether oxygens (including phenoxy) is 1. The van der Waals surface area contributed by atoms with Gasteiger partial charge in [0.15, 0.2) is 11.6 Å². The van der Waals surface area contributed by atoms with Gasteiger partial charge < -0.3 is 9.84 Å². The van der Waals surface area contributed by atoms with E-state index in [1.54, 1.807) is 18.5 Å². The van der Waals surface area contributed by atoms with Crippen LogP contribution in [-0.4, -0.2) is 17.2 Å². The lowest BCUT2D eigenvalue weighted by molar-refractivity contribution is 0.151. The van der Waals surface area contributed by atoms with Gasteiger partial charge in [-0.2, -0.15) is 0 Å². The molecule has 0 radical (unpaired) electrons. The molecule has 0 amide bonds. The van der Waals surface area contributed by atoms with Gasteiger partial charge in [0, 0.05) is 18.3 Å². The number of halogens is 1. The van der Waals surface area contributed by atoms with E-state index < -0.39 is 11.9 Å². The summed E-state index contributed by atoms with van der Waals surface area (Å²) in [4.78, 5) is 3.94. The number of pyridine rings is 1. The Bertz CT molecular complexity index is 545. The van der Waals surface area contributed by atoms with E-state index in [0.717, 1.165) is 5.56 Å². The number of methoxy groups -OCH3 is 1. The van der Waals surface area contributed by atoms with E-state index in [0.29, 0.717) is 5.56 Å². The number of aromatic nitrogens is 1. The van der Waals surface area contributed by atoms with Crippen molar-refractivity contribution in [2.24, 2.45) is 0 Å². The summed E-state index contributed by atoms with van der Waals surface area (Å²) < 4.78 is 18.5. The van der Waals surface area contributed by atoms with Crippen molar-refractivity contribution in [1.82, 2.24) is 4.98 Å². The number of hydrogen-bond acceptors (Lipinski definition) is 3. The van der Waals surface area contributed by atoms with Crippen molar-refractivity contribution in [3.63, 3.8) is 0 Å². The van der Waals surface area contributed by atoms with Crippen LogP contribution < -0.4 is 4.74 Å². The maximum absolute atomic E-state index is 13.6. The normalized spacial score (nSPS) is 13.9. The SMILES string of the molecule is COc1ccc(C(O)C(C)c2ccncc2)cc1F. The second-order valence-corrected chi connectivity index (χ2v) is 4.41. The Morgan fingerprint density at radius 2 is 1.84 bits per heavy atom. The Morgan fingerprint density at radius 3 is 2.42 bits per heavy atom.